The van der Waals surface area contributed by atoms with Crippen LogP contribution in [0.1, 0.15) is 45.4 Å². The fourth-order valence-electron chi connectivity index (χ4n) is 2.33. The van der Waals surface area contributed by atoms with Gasteiger partial charge >= 0.3 is 5.97 Å². The molecule has 1 rings (SSSR count). The average Bonchev–Trinajstić information content (AvgIpc) is 2.69. The fourth-order valence-corrected chi connectivity index (χ4v) is 2.33. The number of esters is 1. The first-order valence-electron chi connectivity index (χ1n) is 6.08. The second-order valence-corrected chi connectivity index (χ2v) is 4.94. The van der Waals surface area contributed by atoms with Gasteiger partial charge in [-0.1, -0.05) is 19.8 Å². The summed E-state index contributed by atoms with van der Waals surface area (Å²) in [4.78, 5) is 21.1. The molecule has 4 heteroatoms. The van der Waals surface area contributed by atoms with Gasteiger partial charge in [0.25, 0.3) is 0 Å². The fraction of sp³-hybridized carbons (Fsp3) is 0.692. The SMILES string of the molecule is CC1(CCCOC(=O)/C=C\C(=O)[O-])CCCC1. The zero-order valence-corrected chi connectivity index (χ0v) is 10.2. The molecule has 0 atom stereocenters. The predicted molar refractivity (Wildman–Crippen MR) is 60.9 cm³/mol. The van der Waals surface area contributed by atoms with Crippen molar-refractivity contribution in [2.75, 3.05) is 6.61 Å². The molecular formula is C13H19O4-. The number of aliphatic carboxylic acids is 1. The average molecular weight is 239 g/mol. The lowest BCUT2D eigenvalue weighted by molar-refractivity contribution is -0.297. The summed E-state index contributed by atoms with van der Waals surface area (Å²) in [6, 6.07) is 0. The lowest BCUT2D eigenvalue weighted by Crippen LogP contribution is -2.19. The van der Waals surface area contributed by atoms with E-state index in [0.29, 0.717) is 18.1 Å². The van der Waals surface area contributed by atoms with Crippen LogP contribution in [0.5, 0.6) is 0 Å². The number of hydrogen-bond acceptors (Lipinski definition) is 4. The number of carboxylic acid groups (broad SMARTS) is 1. The van der Waals surface area contributed by atoms with Gasteiger partial charge in [-0.2, -0.15) is 0 Å². The number of carboxylic acids is 1. The molecule has 1 aliphatic carbocycles. The van der Waals surface area contributed by atoms with Crippen LogP contribution in [0.15, 0.2) is 12.2 Å². The Kier molecular flexibility index (Phi) is 5.19. The van der Waals surface area contributed by atoms with Crippen LogP contribution in [0.3, 0.4) is 0 Å². The van der Waals surface area contributed by atoms with Crippen molar-refractivity contribution in [1.82, 2.24) is 0 Å². The molecule has 17 heavy (non-hydrogen) atoms. The first kappa shape index (κ1) is 13.7. The monoisotopic (exact) mass is 239 g/mol. The zero-order valence-electron chi connectivity index (χ0n) is 10.2. The predicted octanol–water partition coefficient (Wildman–Crippen LogP) is 1.20. The third-order valence-electron chi connectivity index (χ3n) is 3.34. The van der Waals surface area contributed by atoms with Gasteiger partial charge < -0.3 is 14.6 Å². The van der Waals surface area contributed by atoms with Crippen molar-refractivity contribution in [3.05, 3.63) is 12.2 Å². The maximum absolute atomic E-state index is 11.0. The molecule has 0 spiro atoms. The molecule has 0 bridgehead atoms. The van der Waals surface area contributed by atoms with Gasteiger partial charge in [0, 0.05) is 6.08 Å². The van der Waals surface area contributed by atoms with Gasteiger partial charge in [-0.3, -0.25) is 0 Å². The van der Waals surface area contributed by atoms with E-state index in [-0.39, 0.29) is 0 Å². The number of carbonyl (C=O) groups is 2. The topological polar surface area (TPSA) is 66.4 Å². The van der Waals surface area contributed by atoms with E-state index in [1.807, 2.05) is 0 Å². The molecule has 0 aromatic heterocycles. The smallest absolute Gasteiger partial charge is 0.330 e. The molecule has 0 amide bonds. The van der Waals surface area contributed by atoms with Gasteiger partial charge in [0.1, 0.15) is 0 Å². The maximum Gasteiger partial charge on any atom is 0.330 e. The summed E-state index contributed by atoms with van der Waals surface area (Å²) in [5, 5.41) is 10.0. The van der Waals surface area contributed by atoms with E-state index >= 15 is 0 Å². The molecule has 0 N–H and O–H groups in total. The number of rotatable bonds is 6. The van der Waals surface area contributed by atoms with Crippen LogP contribution in [0.4, 0.5) is 0 Å². The van der Waals surface area contributed by atoms with Crippen LogP contribution in [-0.4, -0.2) is 18.5 Å². The van der Waals surface area contributed by atoms with Gasteiger partial charge in [0.15, 0.2) is 0 Å². The van der Waals surface area contributed by atoms with Crippen molar-refractivity contribution in [2.24, 2.45) is 5.41 Å². The first-order valence-corrected chi connectivity index (χ1v) is 6.08. The quantitative estimate of drug-likeness (QED) is 0.397. The molecule has 0 aromatic carbocycles. The Hall–Kier alpha value is -1.32. The van der Waals surface area contributed by atoms with E-state index in [9.17, 15) is 14.7 Å². The summed E-state index contributed by atoms with van der Waals surface area (Å²) in [6.07, 6.45) is 8.56. The third kappa shape index (κ3) is 5.52. The highest BCUT2D eigenvalue weighted by Gasteiger charge is 2.27. The molecular weight excluding hydrogens is 220 g/mol. The standard InChI is InChI=1S/C13H20O4/c1-13(7-2-3-8-13)9-4-10-17-12(16)6-5-11(14)15/h5-6H,2-4,7-10H2,1H3,(H,14,15)/p-1/b6-5-. The van der Waals surface area contributed by atoms with Gasteiger partial charge in [0.05, 0.1) is 12.6 Å². The van der Waals surface area contributed by atoms with E-state index in [2.05, 4.69) is 6.92 Å². The molecule has 0 heterocycles. The molecule has 0 aliphatic heterocycles. The zero-order chi connectivity index (χ0) is 12.7. The van der Waals surface area contributed by atoms with Gasteiger partial charge in [-0.25, -0.2) is 4.79 Å². The minimum absolute atomic E-state index is 0.353. The number of hydrogen-bond donors (Lipinski definition) is 0. The van der Waals surface area contributed by atoms with Crippen molar-refractivity contribution in [3.8, 4) is 0 Å². The molecule has 96 valence electrons. The van der Waals surface area contributed by atoms with Crippen LogP contribution < -0.4 is 5.11 Å². The molecule has 1 fully saturated rings. The highest BCUT2D eigenvalue weighted by atomic mass is 16.5. The van der Waals surface area contributed by atoms with Gasteiger partial charge in [-0.15, -0.1) is 0 Å². The molecule has 0 unspecified atom stereocenters. The van der Waals surface area contributed by atoms with Crippen molar-refractivity contribution in [1.29, 1.82) is 0 Å². The third-order valence-corrected chi connectivity index (χ3v) is 3.34. The Labute approximate surface area is 102 Å². The minimum Gasteiger partial charge on any atom is -0.545 e. The van der Waals surface area contributed by atoms with Crippen molar-refractivity contribution in [2.45, 2.75) is 45.4 Å². The second kappa shape index (κ2) is 6.42. The first-order chi connectivity index (χ1) is 8.02. The summed E-state index contributed by atoms with van der Waals surface area (Å²) in [6.45, 7) is 2.63. The van der Waals surface area contributed by atoms with Crippen LogP contribution in [0.25, 0.3) is 0 Å². The normalized spacial score (nSPS) is 18.4. The summed E-state index contributed by atoms with van der Waals surface area (Å²) >= 11 is 0. The Morgan fingerprint density at radius 3 is 2.53 bits per heavy atom. The Balaban J connectivity index is 2.11. The summed E-state index contributed by atoms with van der Waals surface area (Å²) < 4.78 is 4.88. The molecule has 1 saturated carbocycles. The highest BCUT2D eigenvalue weighted by Crippen LogP contribution is 2.41. The minimum atomic E-state index is -1.39. The summed E-state index contributed by atoms with van der Waals surface area (Å²) in [5.74, 6) is -2.01. The van der Waals surface area contributed by atoms with E-state index in [1.165, 1.54) is 25.7 Å². The molecule has 1 aliphatic rings. The lowest BCUT2D eigenvalue weighted by atomic mass is 9.84. The van der Waals surface area contributed by atoms with Crippen LogP contribution in [0, 0.1) is 5.41 Å². The molecule has 0 saturated heterocycles. The Morgan fingerprint density at radius 1 is 1.29 bits per heavy atom. The largest absolute Gasteiger partial charge is 0.545 e. The second-order valence-electron chi connectivity index (χ2n) is 4.94. The number of carbonyl (C=O) groups excluding carboxylic acids is 2. The number of ether oxygens (including phenoxy) is 1. The Morgan fingerprint density at radius 2 is 1.94 bits per heavy atom. The van der Waals surface area contributed by atoms with Gasteiger partial charge in [0.2, 0.25) is 0 Å². The van der Waals surface area contributed by atoms with E-state index in [0.717, 1.165) is 18.9 Å². The molecule has 0 radical (unpaired) electrons. The molecule has 4 nitrogen and oxygen atoms in total. The van der Waals surface area contributed by atoms with Crippen molar-refractivity contribution in [3.63, 3.8) is 0 Å². The lowest BCUT2D eigenvalue weighted by Gasteiger charge is -2.22. The van der Waals surface area contributed by atoms with Crippen LogP contribution >= 0.6 is 0 Å². The maximum atomic E-state index is 11.0. The van der Waals surface area contributed by atoms with Crippen molar-refractivity contribution < 1.29 is 19.4 Å². The highest BCUT2D eigenvalue weighted by molar-refractivity contribution is 5.89. The van der Waals surface area contributed by atoms with Crippen LogP contribution in [0.2, 0.25) is 0 Å². The van der Waals surface area contributed by atoms with E-state index in [1.54, 1.807) is 0 Å². The van der Waals surface area contributed by atoms with E-state index < -0.39 is 11.9 Å². The summed E-state index contributed by atoms with van der Waals surface area (Å²) in [5.41, 5.74) is 0.410. The molecule has 0 aromatic rings. The van der Waals surface area contributed by atoms with Gasteiger partial charge in [-0.05, 0) is 37.2 Å². The van der Waals surface area contributed by atoms with Crippen LogP contribution in [-0.2, 0) is 14.3 Å². The summed E-state index contributed by atoms with van der Waals surface area (Å²) in [7, 11) is 0. The Bertz CT molecular complexity index is 301. The van der Waals surface area contributed by atoms with Crippen molar-refractivity contribution >= 4 is 11.9 Å². The van der Waals surface area contributed by atoms with E-state index in [4.69, 9.17) is 4.74 Å².